The zero-order chi connectivity index (χ0) is 16.1. The lowest BCUT2D eigenvalue weighted by Crippen LogP contribution is -2.14. The Hall–Kier alpha value is -2.07. The summed E-state index contributed by atoms with van der Waals surface area (Å²) < 4.78 is 19.2. The molecule has 0 spiro atoms. The summed E-state index contributed by atoms with van der Waals surface area (Å²) in [6, 6.07) is 9.69. The molecule has 0 saturated heterocycles. The van der Waals surface area contributed by atoms with E-state index in [1.807, 2.05) is 25.8 Å². The van der Waals surface area contributed by atoms with Gasteiger partial charge in [0.2, 0.25) is 0 Å². The van der Waals surface area contributed by atoms with Crippen molar-refractivity contribution in [3.05, 3.63) is 52.8 Å². The van der Waals surface area contributed by atoms with E-state index in [0.717, 1.165) is 17.8 Å². The van der Waals surface area contributed by atoms with Crippen molar-refractivity contribution in [2.45, 2.75) is 13.8 Å². The van der Waals surface area contributed by atoms with Crippen molar-refractivity contribution >= 4 is 23.6 Å². The lowest BCUT2D eigenvalue weighted by Gasteiger charge is -2.12. The largest absolute Gasteiger partial charge is 0.453 e. The van der Waals surface area contributed by atoms with E-state index in [-0.39, 0.29) is 5.75 Å². The molecule has 2 rings (SSSR count). The zero-order valence-corrected chi connectivity index (χ0v) is 13.6. The number of hydrogen-bond donors (Lipinski definition) is 0. The minimum atomic E-state index is -0.428. The average Bonchev–Trinajstić information content (AvgIpc) is 2.51. The minimum absolute atomic E-state index is 0.144. The number of nitrogens with zero attached hydrogens (tertiary/aromatic N) is 2. The molecule has 0 aliphatic carbocycles. The molecule has 0 fully saturated rings. The van der Waals surface area contributed by atoms with E-state index in [0.29, 0.717) is 10.8 Å². The van der Waals surface area contributed by atoms with Crippen LogP contribution in [0.15, 0.2) is 41.4 Å². The molecular weight excluding hydrogens is 303 g/mol. The monoisotopic (exact) mass is 320 g/mol. The normalized spacial score (nSPS) is 11.0. The topological polar surface area (TPSA) is 24.8 Å². The van der Waals surface area contributed by atoms with Crippen molar-refractivity contribution in [2.75, 3.05) is 13.6 Å². The van der Waals surface area contributed by atoms with Gasteiger partial charge in [0.1, 0.15) is 5.75 Å². The molecule has 0 bridgehead atoms. The van der Waals surface area contributed by atoms with Crippen molar-refractivity contribution in [1.82, 2.24) is 4.90 Å². The standard InChI is InChI=1S/C17H18ClFN2O/c1-4-21(3)11-20-15-10-13(18)17(9-12(15)2)22-16-8-6-5-7-14(16)19/h5-11H,4H2,1-3H3/b20-11-. The van der Waals surface area contributed by atoms with Gasteiger partial charge in [0, 0.05) is 13.6 Å². The van der Waals surface area contributed by atoms with Crippen LogP contribution in [0, 0.1) is 12.7 Å². The first-order valence-corrected chi connectivity index (χ1v) is 7.36. The fourth-order valence-electron chi connectivity index (χ4n) is 1.75. The number of halogens is 2. The van der Waals surface area contributed by atoms with Crippen molar-refractivity contribution in [1.29, 1.82) is 0 Å². The van der Waals surface area contributed by atoms with Gasteiger partial charge in [-0.3, -0.25) is 0 Å². The highest BCUT2D eigenvalue weighted by atomic mass is 35.5. The van der Waals surface area contributed by atoms with Gasteiger partial charge in [0.05, 0.1) is 17.0 Å². The van der Waals surface area contributed by atoms with Gasteiger partial charge in [-0.05, 0) is 43.7 Å². The van der Waals surface area contributed by atoms with Gasteiger partial charge in [0.15, 0.2) is 11.6 Å². The number of rotatable bonds is 5. The fourth-order valence-corrected chi connectivity index (χ4v) is 1.95. The van der Waals surface area contributed by atoms with Gasteiger partial charge in [-0.2, -0.15) is 0 Å². The fraction of sp³-hybridized carbons (Fsp3) is 0.235. The summed E-state index contributed by atoms with van der Waals surface area (Å²) in [5.74, 6) is 0.126. The van der Waals surface area contributed by atoms with E-state index in [1.54, 1.807) is 36.7 Å². The molecule has 0 aromatic heterocycles. The summed E-state index contributed by atoms with van der Waals surface area (Å²) in [6.07, 6.45) is 1.75. The van der Waals surface area contributed by atoms with Gasteiger partial charge >= 0.3 is 0 Å². The van der Waals surface area contributed by atoms with Crippen molar-refractivity contribution in [3.8, 4) is 11.5 Å². The number of para-hydroxylation sites is 1. The van der Waals surface area contributed by atoms with Gasteiger partial charge in [-0.15, -0.1) is 0 Å². The summed E-state index contributed by atoms with van der Waals surface area (Å²) in [6.45, 7) is 4.81. The molecule has 0 aliphatic rings. The van der Waals surface area contributed by atoms with Gasteiger partial charge < -0.3 is 9.64 Å². The second-order valence-electron chi connectivity index (χ2n) is 4.92. The van der Waals surface area contributed by atoms with Crippen LogP contribution in [0.4, 0.5) is 10.1 Å². The van der Waals surface area contributed by atoms with Gasteiger partial charge in [0.25, 0.3) is 0 Å². The highest BCUT2D eigenvalue weighted by Crippen LogP contribution is 2.35. The molecule has 0 saturated carbocycles. The number of hydrogen-bond acceptors (Lipinski definition) is 2. The molecule has 0 atom stereocenters. The Kier molecular flexibility index (Phi) is 5.39. The second-order valence-corrected chi connectivity index (χ2v) is 5.33. The molecule has 0 radical (unpaired) electrons. The third-order valence-corrected chi connectivity index (χ3v) is 3.50. The smallest absolute Gasteiger partial charge is 0.165 e. The molecule has 0 amide bonds. The second kappa shape index (κ2) is 7.27. The van der Waals surface area contributed by atoms with Crippen LogP contribution in [-0.2, 0) is 0 Å². The molecule has 0 N–H and O–H groups in total. The van der Waals surface area contributed by atoms with E-state index >= 15 is 0 Å². The summed E-state index contributed by atoms with van der Waals surface area (Å²) in [5.41, 5.74) is 1.66. The lowest BCUT2D eigenvalue weighted by atomic mass is 10.2. The van der Waals surface area contributed by atoms with Crippen molar-refractivity contribution in [2.24, 2.45) is 4.99 Å². The molecule has 3 nitrogen and oxygen atoms in total. The minimum Gasteiger partial charge on any atom is -0.453 e. The van der Waals surface area contributed by atoms with Crippen LogP contribution in [-0.4, -0.2) is 24.8 Å². The van der Waals surface area contributed by atoms with Gasteiger partial charge in [-0.25, -0.2) is 9.38 Å². The SMILES string of the molecule is CCN(C)/C=N\c1cc(Cl)c(Oc2ccccc2F)cc1C. The molecule has 22 heavy (non-hydrogen) atoms. The molecule has 0 aliphatic heterocycles. The summed E-state index contributed by atoms with van der Waals surface area (Å²) in [4.78, 5) is 6.35. The third kappa shape index (κ3) is 3.98. The molecule has 0 heterocycles. The van der Waals surface area contributed by atoms with Crippen molar-refractivity contribution < 1.29 is 9.13 Å². The van der Waals surface area contributed by atoms with Crippen LogP contribution < -0.4 is 4.74 Å². The Labute approximate surface area is 135 Å². The molecule has 116 valence electrons. The van der Waals surface area contributed by atoms with Crippen LogP contribution in [0.1, 0.15) is 12.5 Å². The molecule has 0 unspecified atom stereocenters. The molecule has 2 aromatic rings. The predicted molar refractivity (Wildman–Crippen MR) is 89.1 cm³/mol. The van der Waals surface area contributed by atoms with Crippen LogP contribution in [0.3, 0.4) is 0 Å². The number of benzene rings is 2. The summed E-state index contributed by atoms with van der Waals surface area (Å²) in [5, 5.41) is 0.389. The van der Waals surface area contributed by atoms with Crippen molar-refractivity contribution in [3.63, 3.8) is 0 Å². The zero-order valence-electron chi connectivity index (χ0n) is 12.8. The maximum atomic E-state index is 13.6. The predicted octanol–water partition coefficient (Wildman–Crippen LogP) is 5.19. The molecule has 5 heteroatoms. The Bertz CT molecular complexity index is 688. The van der Waals surface area contributed by atoms with Crippen LogP contribution in [0.2, 0.25) is 5.02 Å². The number of ether oxygens (including phenoxy) is 1. The number of aryl methyl sites for hydroxylation is 1. The lowest BCUT2D eigenvalue weighted by molar-refractivity contribution is 0.442. The average molecular weight is 321 g/mol. The van der Waals surface area contributed by atoms with Gasteiger partial charge in [-0.1, -0.05) is 23.7 Å². The summed E-state index contributed by atoms with van der Waals surface area (Å²) >= 11 is 6.22. The van der Waals surface area contributed by atoms with E-state index in [9.17, 15) is 4.39 Å². The Morgan fingerprint density at radius 1 is 1.27 bits per heavy atom. The Morgan fingerprint density at radius 3 is 2.68 bits per heavy atom. The quantitative estimate of drug-likeness (QED) is 0.559. The Morgan fingerprint density at radius 2 is 2.00 bits per heavy atom. The molecule has 2 aromatic carbocycles. The van der Waals surface area contributed by atoms with E-state index < -0.39 is 5.82 Å². The first kappa shape index (κ1) is 16.3. The maximum Gasteiger partial charge on any atom is 0.165 e. The highest BCUT2D eigenvalue weighted by molar-refractivity contribution is 6.32. The summed E-state index contributed by atoms with van der Waals surface area (Å²) in [7, 11) is 1.94. The van der Waals surface area contributed by atoms with Crippen LogP contribution in [0.25, 0.3) is 0 Å². The first-order valence-electron chi connectivity index (χ1n) is 6.98. The first-order chi connectivity index (χ1) is 10.5. The van der Waals surface area contributed by atoms with Crippen LogP contribution in [0.5, 0.6) is 11.5 Å². The maximum absolute atomic E-state index is 13.6. The third-order valence-electron chi connectivity index (χ3n) is 3.20. The number of aliphatic imine (C=N–C) groups is 1. The highest BCUT2D eigenvalue weighted by Gasteiger charge is 2.10. The van der Waals surface area contributed by atoms with E-state index in [4.69, 9.17) is 16.3 Å². The Balaban J connectivity index is 2.27. The van der Waals surface area contributed by atoms with Crippen LogP contribution >= 0.6 is 11.6 Å². The van der Waals surface area contributed by atoms with E-state index in [2.05, 4.69) is 4.99 Å². The molecular formula is C17H18ClFN2O. The van der Waals surface area contributed by atoms with E-state index in [1.165, 1.54) is 6.07 Å².